The molecule has 5 heteroatoms. The molecule has 0 aromatic carbocycles. The zero-order valence-corrected chi connectivity index (χ0v) is 10.2. The zero-order valence-electron chi connectivity index (χ0n) is 10.2. The molecule has 2 rings (SSSR count). The highest BCUT2D eigenvalue weighted by Gasteiger charge is 2.29. The average Bonchev–Trinajstić information content (AvgIpc) is 2.39. The number of carbonyl (C=O) groups is 1. The third-order valence-electron chi connectivity index (χ3n) is 3.35. The van der Waals surface area contributed by atoms with Crippen LogP contribution in [0, 0.1) is 5.92 Å². The summed E-state index contributed by atoms with van der Waals surface area (Å²) in [5.41, 5.74) is 5.90. The Kier molecular flexibility index (Phi) is 3.89. The Bertz CT molecular complexity index is 315. The molecule has 2 heterocycles. The van der Waals surface area contributed by atoms with Gasteiger partial charge in [-0.2, -0.15) is 0 Å². The summed E-state index contributed by atoms with van der Waals surface area (Å²) in [6, 6.07) is 0.128. The monoisotopic (exact) mass is 240 g/mol. The second-order valence-corrected chi connectivity index (χ2v) is 4.71. The van der Waals surface area contributed by atoms with E-state index < -0.39 is 0 Å². The first-order valence-electron chi connectivity index (χ1n) is 6.18. The Balaban J connectivity index is 1.97. The van der Waals surface area contributed by atoms with Gasteiger partial charge in [0.1, 0.15) is 19.5 Å². The number of likely N-dealkylation sites (tertiary alicyclic amines) is 1. The topological polar surface area (TPSA) is 64.8 Å². The van der Waals surface area contributed by atoms with Crippen molar-refractivity contribution >= 4 is 5.91 Å². The highest BCUT2D eigenvalue weighted by Crippen LogP contribution is 2.21. The van der Waals surface area contributed by atoms with E-state index in [4.69, 9.17) is 15.2 Å². The number of nitrogens with zero attached hydrogens (tertiary/aromatic N) is 1. The Hall–Kier alpha value is -1.23. The molecule has 2 aliphatic heterocycles. The first-order chi connectivity index (χ1) is 8.18. The first kappa shape index (κ1) is 12.2. The normalized spacial score (nSPS) is 26.6. The van der Waals surface area contributed by atoms with Crippen molar-refractivity contribution in [3.63, 3.8) is 0 Å². The van der Waals surface area contributed by atoms with Gasteiger partial charge in [-0.05, 0) is 25.7 Å². The third-order valence-corrected chi connectivity index (χ3v) is 3.35. The smallest absolute Gasteiger partial charge is 0.292 e. The van der Waals surface area contributed by atoms with E-state index in [0.29, 0.717) is 24.9 Å². The maximum Gasteiger partial charge on any atom is 0.292 e. The number of hydrogen-bond donors (Lipinski definition) is 1. The van der Waals surface area contributed by atoms with Crippen molar-refractivity contribution in [3.05, 3.63) is 12.0 Å². The lowest BCUT2D eigenvalue weighted by molar-refractivity contribution is -0.134. The van der Waals surface area contributed by atoms with Crippen LogP contribution in [0.1, 0.15) is 19.8 Å². The second kappa shape index (κ2) is 5.40. The van der Waals surface area contributed by atoms with Crippen molar-refractivity contribution in [1.82, 2.24) is 4.90 Å². The van der Waals surface area contributed by atoms with Gasteiger partial charge in [-0.15, -0.1) is 0 Å². The number of rotatable bonds is 2. The van der Waals surface area contributed by atoms with Gasteiger partial charge >= 0.3 is 0 Å². The zero-order chi connectivity index (χ0) is 12.3. The summed E-state index contributed by atoms with van der Waals surface area (Å²) in [5, 5.41) is 0. The van der Waals surface area contributed by atoms with Crippen molar-refractivity contribution in [1.29, 1.82) is 0 Å². The summed E-state index contributed by atoms with van der Waals surface area (Å²) in [5.74, 6) is 0.634. The molecule has 5 nitrogen and oxygen atoms in total. The van der Waals surface area contributed by atoms with Crippen LogP contribution in [0.25, 0.3) is 0 Å². The van der Waals surface area contributed by atoms with Gasteiger partial charge in [-0.3, -0.25) is 4.79 Å². The van der Waals surface area contributed by atoms with E-state index in [0.717, 1.165) is 25.9 Å². The molecular formula is C12H20N2O3. The fourth-order valence-electron chi connectivity index (χ4n) is 2.26. The van der Waals surface area contributed by atoms with E-state index in [1.807, 2.05) is 11.8 Å². The summed E-state index contributed by atoms with van der Waals surface area (Å²) in [6.07, 6.45) is 3.52. The molecule has 17 heavy (non-hydrogen) atoms. The first-order valence-corrected chi connectivity index (χ1v) is 6.18. The maximum atomic E-state index is 12.1. The highest BCUT2D eigenvalue weighted by molar-refractivity contribution is 5.91. The molecule has 1 amide bonds. The highest BCUT2D eigenvalue weighted by atomic mass is 16.6. The average molecular weight is 240 g/mol. The Morgan fingerprint density at radius 1 is 1.59 bits per heavy atom. The summed E-state index contributed by atoms with van der Waals surface area (Å²) >= 11 is 0. The fraction of sp³-hybridized carbons (Fsp3) is 0.750. The van der Waals surface area contributed by atoms with Crippen molar-refractivity contribution in [3.8, 4) is 0 Å². The predicted octanol–water partition coefficient (Wildman–Crippen LogP) is 0.460. The van der Waals surface area contributed by atoms with E-state index in [1.54, 1.807) is 0 Å². The van der Waals surface area contributed by atoms with Crippen LogP contribution in [0.2, 0.25) is 0 Å². The van der Waals surface area contributed by atoms with E-state index in [-0.39, 0.29) is 11.9 Å². The van der Waals surface area contributed by atoms with Crippen LogP contribution >= 0.6 is 0 Å². The van der Waals surface area contributed by atoms with Gasteiger partial charge in [0.25, 0.3) is 5.91 Å². The minimum atomic E-state index is -0.0740. The summed E-state index contributed by atoms with van der Waals surface area (Å²) in [7, 11) is 0. The Morgan fingerprint density at radius 2 is 2.41 bits per heavy atom. The molecular weight excluding hydrogens is 220 g/mol. The Morgan fingerprint density at radius 3 is 3.06 bits per heavy atom. The molecule has 2 N–H and O–H groups in total. The van der Waals surface area contributed by atoms with Crippen LogP contribution in [-0.2, 0) is 14.3 Å². The van der Waals surface area contributed by atoms with Gasteiger partial charge in [-0.1, -0.05) is 0 Å². The summed E-state index contributed by atoms with van der Waals surface area (Å²) in [4.78, 5) is 14.0. The molecule has 1 fully saturated rings. The molecule has 0 spiro atoms. The van der Waals surface area contributed by atoms with E-state index in [9.17, 15) is 4.79 Å². The molecule has 96 valence electrons. The lowest BCUT2D eigenvalue weighted by Crippen LogP contribution is -2.46. The fourth-order valence-corrected chi connectivity index (χ4v) is 2.26. The van der Waals surface area contributed by atoms with Crippen molar-refractivity contribution < 1.29 is 14.3 Å². The molecule has 2 unspecified atom stereocenters. The molecule has 0 bridgehead atoms. The number of amides is 1. The molecule has 1 saturated heterocycles. The lowest BCUT2D eigenvalue weighted by atomic mass is 9.92. The summed E-state index contributed by atoms with van der Waals surface area (Å²) < 4.78 is 10.4. The number of piperidine rings is 1. The minimum Gasteiger partial charge on any atom is -0.494 e. The molecule has 0 aromatic rings. The van der Waals surface area contributed by atoms with Crippen LogP contribution in [0.5, 0.6) is 0 Å². The van der Waals surface area contributed by atoms with Crippen molar-refractivity contribution in [2.75, 3.05) is 26.3 Å². The van der Waals surface area contributed by atoms with Crippen LogP contribution in [0.15, 0.2) is 12.0 Å². The molecule has 2 aliphatic rings. The Labute approximate surface area is 102 Å². The van der Waals surface area contributed by atoms with Gasteiger partial charge < -0.3 is 20.1 Å². The number of nitrogens with two attached hydrogens (primary N) is 1. The molecule has 0 aromatic heterocycles. The van der Waals surface area contributed by atoms with Crippen LogP contribution < -0.4 is 5.73 Å². The van der Waals surface area contributed by atoms with Crippen LogP contribution in [0.4, 0.5) is 0 Å². The van der Waals surface area contributed by atoms with Gasteiger partial charge in [0, 0.05) is 19.1 Å². The second-order valence-electron chi connectivity index (χ2n) is 4.71. The largest absolute Gasteiger partial charge is 0.494 e. The van der Waals surface area contributed by atoms with E-state index >= 15 is 0 Å². The quantitative estimate of drug-likeness (QED) is 0.761. The molecule has 2 atom stereocenters. The number of ether oxygens (including phenoxy) is 2. The maximum absolute atomic E-state index is 12.1. The summed E-state index contributed by atoms with van der Waals surface area (Å²) in [6.45, 7) is 4.46. The third kappa shape index (κ3) is 2.91. The van der Waals surface area contributed by atoms with Crippen LogP contribution in [0.3, 0.4) is 0 Å². The van der Waals surface area contributed by atoms with E-state index in [1.165, 1.54) is 6.26 Å². The number of hydrogen-bond acceptors (Lipinski definition) is 4. The van der Waals surface area contributed by atoms with Gasteiger partial charge in [0.2, 0.25) is 5.76 Å². The molecule has 0 radical (unpaired) electrons. The van der Waals surface area contributed by atoms with E-state index in [2.05, 4.69) is 0 Å². The predicted molar refractivity (Wildman–Crippen MR) is 62.9 cm³/mol. The van der Waals surface area contributed by atoms with Crippen LogP contribution in [-0.4, -0.2) is 43.2 Å². The standard InChI is InChI=1S/C12H20N2O3/c1-9(13)10-3-2-4-14(7-10)12(15)11-8-16-5-6-17-11/h8-10H,2-7,13H2,1H3. The lowest BCUT2D eigenvalue weighted by Gasteiger charge is -2.35. The minimum absolute atomic E-state index is 0.0740. The van der Waals surface area contributed by atoms with Crippen molar-refractivity contribution in [2.45, 2.75) is 25.8 Å². The SMILES string of the molecule is CC(N)C1CCCN(C(=O)C2=COCCO2)C1. The number of carbonyl (C=O) groups excluding carboxylic acids is 1. The van der Waals surface area contributed by atoms with Gasteiger partial charge in [0.15, 0.2) is 0 Å². The van der Waals surface area contributed by atoms with Gasteiger partial charge in [0.05, 0.1) is 0 Å². The molecule has 0 aliphatic carbocycles. The molecule has 0 saturated carbocycles. The van der Waals surface area contributed by atoms with Gasteiger partial charge in [-0.25, -0.2) is 0 Å². The van der Waals surface area contributed by atoms with Crippen molar-refractivity contribution in [2.24, 2.45) is 11.7 Å².